The molecule has 0 bridgehead atoms. The Balaban J connectivity index is 1.42. The predicted molar refractivity (Wildman–Crippen MR) is 121 cm³/mol. The molecule has 0 radical (unpaired) electrons. The molecule has 0 fully saturated rings. The highest BCUT2D eigenvalue weighted by atomic mass is 32.1. The fourth-order valence-electron chi connectivity index (χ4n) is 3.47. The Labute approximate surface area is 183 Å². The van der Waals surface area contributed by atoms with Crippen molar-refractivity contribution in [2.75, 3.05) is 0 Å². The van der Waals surface area contributed by atoms with Crippen LogP contribution in [0.4, 0.5) is 0 Å². The number of para-hydroxylation sites is 1. The number of aromatic nitrogens is 5. The lowest BCUT2D eigenvalue weighted by molar-refractivity contribution is 0.0952. The van der Waals surface area contributed by atoms with Crippen LogP contribution < -0.4 is 5.32 Å². The molecule has 8 heteroatoms. The number of carbonyl (C=O) groups is 1. The maximum absolute atomic E-state index is 13.1. The van der Waals surface area contributed by atoms with Gasteiger partial charge in [-0.15, -0.1) is 11.3 Å². The zero-order valence-electron chi connectivity index (χ0n) is 16.9. The highest BCUT2D eigenvalue weighted by molar-refractivity contribution is 7.13. The first-order valence-corrected chi connectivity index (χ1v) is 10.9. The Morgan fingerprint density at radius 2 is 1.97 bits per heavy atom. The molecule has 4 aromatic heterocycles. The minimum atomic E-state index is -0.159. The fraction of sp³-hybridized carbons (Fsp3) is 0.130. The predicted octanol–water partition coefficient (Wildman–Crippen LogP) is 4.30. The lowest BCUT2D eigenvalue weighted by Crippen LogP contribution is -2.23. The summed E-state index contributed by atoms with van der Waals surface area (Å²) in [5.41, 5.74) is 3.97. The van der Waals surface area contributed by atoms with Crippen LogP contribution in [-0.4, -0.2) is 30.5 Å². The Morgan fingerprint density at radius 3 is 2.74 bits per heavy atom. The molecule has 4 heterocycles. The summed E-state index contributed by atoms with van der Waals surface area (Å²) in [7, 11) is 0. The van der Waals surface area contributed by atoms with Gasteiger partial charge in [-0.3, -0.25) is 4.79 Å². The second-order valence-electron chi connectivity index (χ2n) is 7.04. The van der Waals surface area contributed by atoms with Crippen LogP contribution in [0.1, 0.15) is 22.8 Å². The maximum Gasteiger partial charge on any atom is 0.252 e. The molecule has 0 spiro atoms. The molecule has 5 aromatic rings. The van der Waals surface area contributed by atoms with Crippen LogP contribution in [0, 0.1) is 0 Å². The van der Waals surface area contributed by atoms with Crippen molar-refractivity contribution < 1.29 is 4.79 Å². The van der Waals surface area contributed by atoms with Crippen LogP contribution in [0.2, 0.25) is 0 Å². The largest absolute Gasteiger partial charge is 0.348 e. The van der Waals surface area contributed by atoms with E-state index in [0.29, 0.717) is 18.7 Å². The number of hydrogen-bond acceptors (Lipinski definition) is 5. The van der Waals surface area contributed by atoms with Crippen molar-refractivity contribution in [2.45, 2.75) is 20.0 Å². The van der Waals surface area contributed by atoms with E-state index in [1.807, 2.05) is 71.7 Å². The van der Waals surface area contributed by atoms with Crippen LogP contribution in [-0.2, 0) is 13.1 Å². The number of nitrogens with one attached hydrogen (secondary N) is 1. The Morgan fingerprint density at radius 1 is 1.10 bits per heavy atom. The van der Waals surface area contributed by atoms with Crippen molar-refractivity contribution in [3.8, 4) is 16.3 Å². The fourth-order valence-corrected chi connectivity index (χ4v) is 4.15. The van der Waals surface area contributed by atoms with Gasteiger partial charge in [0.15, 0.2) is 5.65 Å². The summed E-state index contributed by atoms with van der Waals surface area (Å²) in [5, 5.41) is 14.6. The van der Waals surface area contributed by atoms with Crippen LogP contribution in [0.15, 0.2) is 72.5 Å². The minimum absolute atomic E-state index is 0.159. The molecule has 0 aliphatic rings. The topological polar surface area (TPSA) is 77.6 Å². The molecule has 31 heavy (non-hydrogen) atoms. The first kappa shape index (κ1) is 19.2. The van der Waals surface area contributed by atoms with E-state index in [0.717, 1.165) is 32.9 Å². The quantitative estimate of drug-likeness (QED) is 0.438. The molecule has 0 atom stereocenters. The monoisotopic (exact) mass is 428 g/mol. The van der Waals surface area contributed by atoms with E-state index in [1.54, 1.807) is 28.4 Å². The van der Waals surface area contributed by atoms with Crippen LogP contribution in [0.3, 0.4) is 0 Å². The van der Waals surface area contributed by atoms with Gasteiger partial charge in [0.25, 0.3) is 5.91 Å². The summed E-state index contributed by atoms with van der Waals surface area (Å²) in [6.45, 7) is 3.08. The van der Waals surface area contributed by atoms with E-state index in [1.165, 1.54) is 0 Å². The number of rotatable bonds is 6. The van der Waals surface area contributed by atoms with Crippen LogP contribution in [0.5, 0.6) is 0 Å². The maximum atomic E-state index is 13.1. The molecule has 5 rings (SSSR count). The van der Waals surface area contributed by atoms with E-state index in [4.69, 9.17) is 4.98 Å². The number of carbonyl (C=O) groups excluding carboxylic acids is 1. The molecule has 0 saturated carbocycles. The van der Waals surface area contributed by atoms with Gasteiger partial charge in [0.2, 0.25) is 0 Å². The summed E-state index contributed by atoms with van der Waals surface area (Å²) in [6, 6.07) is 15.7. The van der Waals surface area contributed by atoms with Crippen molar-refractivity contribution in [1.82, 2.24) is 29.9 Å². The molecule has 1 amide bonds. The first-order chi connectivity index (χ1) is 15.2. The summed E-state index contributed by atoms with van der Waals surface area (Å²) in [6.07, 6.45) is 5.40. The third-order valence-corrected chi connectivity index (χ3v) is 5.93. The number of aryl methyl sites for hydroxylation is 1. The van der Waals surface area contributed by atoms with Crippen molar-refractivity contribution >= 4 is 28.3 Å². The highest BCUT2D eigenvalue weighted by Crippen LogP contribution is 2.28. The van der Waals surface area contributed by atoms with Crippen molar-refractivity contribution in [3.05, 3.63) is 83.6 Å². The number of benzene rings is 1. The van der Waals surface area contributed by atoms with E-state index in [2.05, 4.69) is 15.5 Å². The molecule has 7 nitrogen and oxygen atoms in total. The van der Waals surface area contributed by atoms with Gasteiger partial charge in [0.05, 0.1) is 39.6 Å². The smallest absolute Gasteiger partial charge is 0.252 e. The number of thiophene rings is 1. The van der Waals surface area contributed by atoms with E-state index in [9.17, 15) is 4.79 Å². The molecule has 0 unspecified atom stereocenters. The summed E-state index contributed by atoms with van der Waals surface area (Å²) < 4.78 is 3.61. The van der Waals surface area contributed by atoms with E-state index < -0.39 is 0 Å². The lowest BCUT2D eigenvalue weighted by atomic mass is 10.1. The van der Waals surface area contributed by atoms with Gasteiger partial charge >= 0.3 is 0 Å². The number of fused-ring (bicyclic) bond motifs is 1. The summed E-state index contributed by atoms with van der Waals surface area (Å²) in [5.74, 6) is -0.159. The van der Waals surface area contributed by atoms with Crippen LogP contribution in [0.25, 0.3) is 27.3 Å². The van der Waals surface area contributed by atoms with Gasteiger partial charge in [-0.05, 0) is 36.6 Å². The lowest BCUT2D eigenvalue weighted by Gasteiger charge is -2.08. The first-order valence-electron chi connectivity index (χ1n) is 10.0. The third-order valence-electron chi connectivity index (χ3n) is 5.04. The Kier molecular flexibility index (Phi) is 5.05. The van der Waals surface area contributed by atoms with Gasteiger partial charge in [-0.25, -0.2) is 14.3 Å². The van der Waals surface area contributed by atoms with E-state index >= 15 is 0 Å². The average molecular weight is 429 g/mol. The van der Waals surface area contributed by atoms with Gasteiger partial charge in [-0.2, -0.15) is 10.2 Å². The Hall–Kier alpha value is -3.78. The molecule has 0 saturated heterocycles. The molecule has 1 N–H and O–H groups in total. The van der Waals surface area contributed by atoms with Gasteiger partial charge in [0.1, 0.15) is 0 Å². The van der Waals surface area contributed by atoms with Crippen molar-refractivity contribution in [3.63, 3.8) is 0 Å². The normalized spacial score (nSPS) is 11.1. The highest BCUT2D eigenvalue weighted by Gasteiger charge is 2.17. The number of pyridine rings is 1. The van der Waals surface area contributed by atoms with E-state index in [-0.39, 0.29) is 5.91 Å². The molecule has 154 valence electrons. The van der Waals surface area contributed by atoms with Crippen LogP contribution >= 0.6 is 11.3 Å². The second kappa shape index (κ2) is 8.16. The Bertz CT molecular complexity index is 1340. The molecule has 0 aliphatic carbocycles. The average Bonchev–Trinajstić information content (AvgIpc) is 3.58. The zero-order chi connectivity index (χ0) is 21.2. The minimum Gasteiger partial charge on any atom is -0.348 e. The SMILES string of the molecule is CCn1ncc2c(C(=O)NCc3cnn(-c4ccccc4)c3)cc(-c3cccs3)nc21. The van der Waals surface area contributed by atoms with Crippen molar-refractivity contribution in [2.24, 2.45) is 0 Å². The summed E-state index contributed by atoms with van der Waals surface area (Å²) >= 11 is 1.60. The molecule has 1 aromatic carbocycles. The molecular weight excluding hydrogens is 408 g/mol. The number of hydrogen-bond donors (Lipinski definition) is 1. The van der Waals surface area contributed by atoms with Gasteiger partial charge < -0.3 is 5.32 Å². The van der Waals surface area contributed by atoms with Gasteiger partial charge in [-0.1, -0.05) is 24.3 Å². The standard InChI is InChI=1S/C23H20N6OS/c1-2-28-22-19(14-26-28)18(11-20(27-22)21-9-6-10-31-21)23(30)24-12-16-13-25-29(15-16)17-7-4-3-5-8-17/h3-11,13-15H,2,12H2,1H3,(H,24,30). The number of amides is 1. The zero-order valence-corrected chi connectivity index (χ0v) is 17.7. The second-order valence-corrected chi connectivity index (χ2v) is 7.99. The third kappa shape index (κ3) is 3.73. The summed E-state index contributed by atoms with van der Waals surface area (Å²) in [4.78, 5) is 18.9. The molecule has 0 aliphatic heterocycles. The van der Waals surface area contributed by atoms with Gasteiger partial charge in [0, 0.05) is 24.8 Å². The number of nitrogens with zero attached hydrogens (tertiary/aromatic N) is 5. The molecular formula is C23H20N6OS. The van der Waals surface area contributed by atoms with Crippen molar-refractivity contribution in [1.29, 1.82) is 0 Å².